The average Bonchev–Trinajstić information content (AvgIpc) is 3.19. The Labute approximate surface area is 201 Å². The van der Waals surface area contributed by atoms with E-state index in [-0.39, 0.29) is 47.9 Å². The summed E-state index contributed by atoms with van der Waals surface area (Å²) in [5.41, 5.74) is 5.60. The fraction of sp³-hybridized carbons (Fsp3) is 0.739. The van der Waals surface area contributed by atoms with Gasteiger partial charge in [-0.2, -0.15) is 9.97 Å². The molecule has 0 aromatic carbocycles. The summed E-state index contributed by atoms with van der Waals surface area (Å²) in [7, 11) is 2.09. The van der Waals surface area contributed by atoms with E-state index in [4.69, 9.17) is 15.2 Å². The maximum absolute atomic E-state index is 12.7. The minimum Gasteiger partial charge on any atom is -0.459 e. The van der Waals surface area contributed by atoms with Crippen LogP contribution in [0, 0.1) is 0 Å². The van der Waals surface area contributed by atoms with Crippen molar-refractivity contribution < 1.29 is 19.5 Å². The van der Waals surface area contributed by atoms with Crippen LogP contribution in [-0.2, 0) is 4.74 Å². The van der Waals surface area contributed by atoms with Gasteiger partial charge in [-0.25, -0.2) is 4.79 Å². The number of aromatic nitrogens is 2. The van der Waals surface area contributed by atoms with E-state index in [0.29, 0.717) is 18.9 Å². The van der Waals surface area contributed by atoms with E-state index in [1.807, 2.05) is 41.5 Å². The first kappa shape index (κ1) is 25.8. The molecular formula is C23H39N7O4. The number of nitrogens with two attached hydrogens (primary N) is 1. The number of hydrogen-bond acceptors (Lipinski definition) is 9. The summed E-state index contributed by atoms with van der Waals surface area (Å²) in [6.07, 6.45) is 1.72. The number of likely N-dealkylation sites (N-methyl/N-ethyl adjacent to an activating group) is 1. The van der Waals surface area contributed by atoms with Gasteiger partial charge in [0.05, 0.1) is 0 Å². The lowest BCUT2D eigenvalue weighted by molar-refractivity contribution is 0.0129. The second-order valence-corrected chi connectivity index (χ2v) is 10.4. The zero-order chi connectivity index (χ0) is 25.2. The maximum Gasteiger partial charge on any atom is 0.410 e. The van der Waals surface area contributed by atoms with Gasteiger partial charge in [0.15, 0.2) is 5.84 Å². The number of carbonyl (C=O) groups excluding carboxylic acids is 1. The molecule has 3 N–H and O–H groups in total. The van der Waals surface area contributed by atoms with Gasteiger partial charge < -0.3 is 30.2 Å². The number of likely N-dealkylation sites (tertiary alicyclic amines) is 1. The van der Waals surface area contributed by atoms with E-state index in [9.17, 15) is 10.0 Å². The Morgan fingerprint density at radius 2 is 1.97 bits per heavy atom. The number of amides is 1. The van der Waals surface area contributed by atoms with Crippen LogP contribution in [0.5, 0.6) is 6.01 Å². The summed E-state index contributed by atoms with van der Waals surface area (Å²) in [4.78, 5) is 27.9. The molecule has 190 valence electrons. The normalized spacial score (nSPS) is 25.4. The molecular weight excluding hydrogens is 438 g/mol. The molecule has 3 rings (SSSR count). The number of anilines is 1. The minimum atomic E-state index is -0.559. The van der Waals surface area contributed by atoms with E-state index < -0.39 is 5.60 Å². The molecule has 0 aliphatic carbocycles. The number of piperazine rings is 1. The summed E-state index contributed by atoms with van der Waals surface area (Å²) in [5, 5.41) is 12.3. The Morgan fingerprint density at radius 1 is 1.26 bits per heavy atom. The highest BCUT2D eigenvalue weighted by Gasteiger charge is 2.36. The Kier molecular flexibility index (Phi) is 7.74. The van der Waals surface area contributed by atoms with Crippen LogP contribution >= 0.6 is 0 Å². The van der Waals surface area contributed by atoms with Crippen LogP contribution in [0.25, 0.3) is 0 Å². The number of oxime groups is 1. The first-order valence-electron chi connectivity index (χ1n) is 11.9. The molecule has 2 aliphatic rings. The molecule has 0 spiro atoms. The molecule has 2 aliphatic heterocycles. The number of amidine groups is 1. The molecule has 2 saturated heterocycles. The summed E-state index contributed by atoms with van der Waals surface area (Å²) in [5.74, 6) is 0.481. The van der Waals surface area contributed by atoms with Crippen molar-refractivity contribution >= 4 is 17.7 Å². The van der Waals surface area contributed by atoms with Crippen LogP contribution in [0.1, 0.15) is 60.1 Å². The van der Waals surface area contributed by atoms with Crippen molar-refractivity contribution in [3.05, 3.63) is 11.8 Å². The smallest absolute Gasteiger partial charge is 0.410 e. The second kappa shape index (κ2) is 10.2. The van der Waals surface area contributed by atoms with Gasteiger partial charge in [0.25, 0.3) is 0 Å². The number of carbonyl (C=O) groups is 1. The molecule has 34 heavy (non-hydrogen) atoms. The van der Waals surface area contributed by atoms with E-state index in [0.717, 1.165) is 19.4 Å². The first-order chi connectivity index (χ1) is 15.9. The third-order valence-corrected chi connectivity index (χ3v) is 6.38. The van der Waals surface area contributed by atoms with Crippen molar-refractivity contribution in [1.29, 1.82) is 0 Å². The topological polar surface area (TPSA) is 130 Å². The highest BCUT2D eigenvalue weighted by Crippen LogP contribution is 2.27. The number of ether oxygens (including phenoxy) is 2. The highest BCUT2D eigenvalue weighted by molar-refractivity contribution is 5.95. The molecule has 1 aromatic rings. The minimum absolute atomic E-state index is 0.0509. The monoisotopic (exact) mass is 477 g/mol. The van der Waals surface area contributed by atoms with Crippen LogP contribution < -0.4 is 15.4 Å². The summed E-state index contributed by atoms with van der Waals surface area (Å²) in [6, 6.07) is 1.98. The van der Waals surface area contributed by atoms with Crippen LogP contribution in [-0.4, -0.2) is 93.4 Å². The zero-order valence-electron chi connectivity index (χ0n) is 21.4. The zero-order valence-corrected chi connectivity index (χ0v) is 21.4. The van der Waals surface area contributed by atoms with Crippen molar-refractivity contribution in [2.75, 3.05) is 31.6 Å². The quantitative estimate of drug-likeness (QED) is 0.284. The van der Waals surface area contributed by atoms with Crippen molar-refractivity contribution in [2.24, 2.45) is 10.9 Å². The summed E-state index contributed by atoms with van der Waals surface area (Å²) < 4.78 is 11.7. The predicted octanol–water partition coefficient (Wildman–Crippen LogP) is 2.27. The number of hydrogen-bond donors (Lipinski definition) is 2. The molecule has 4 atom stereocenters. The molecule has 0 radical (unpaired) electrons. The fourth-order valence-electron chi connectivity index (χ4n) is 4.59. The molecule has 11 heteroatoms. The molecule has 3 heterocycles. The number of rotatable bonds is 5. The van der Waals surface area contributed by atoms with Gasteiger partial charge >= 0.3 is 12.1 Å². The van der Waals surface area contributed by atoms with Crippen LogP contribution in [0.15, 0.2) is 11.2 Å². The molecule has 0 unspecified atom stereocenters. The van der Waals surface area contributed by atoms with Gasteiger partial charge in [-0.3, -0.25) is 4.90 Å². The van der Waals surface area contributed by atoms with E-state index in [1.54, 1.807) is 11.0 Å². The van der Waals surface area contributed by atoms with Crippen molar-refractivity contribution in [1.82, 2.24) is 19.8 Å². The van der Waals surface area contributed by atoms with Gasteiger partial charge in [0, 0.05) is 37.3 Å². The van der Waals surface area contributed by atoms with E-state index in [2.05, 4.69) is 32.0 Å². The third-order valence-electron chi connectivity index (χ3n) is 6.38. The highest BCUT2D eigenvalue weighted by atomic mass is 16.6. The number of nitrogens with zero attached hydrogens (tertiary/aromatic N) is 6. The molecule has 1 amide bonds. The fourth-order valence-corrected chi connectivity index (χ4v) is 4.59. The predicted molar refractivity (Wildman–Crippen MR) is 129 cm³/mol. The average molecular weight is 478 g/mol. The Balaban J connectivity index is 1.84. The van der Waals surface area contributed by atoms with E-state index >= 15 is 0 Å². The third kappa shape index (κ3) is 5.99. The van der Waals surface area contributed by atoms with Crippen LogP contribution in [0.3, 0.4) is 0 Å². The van der Waals surface area contributed by atoms with E-state index in [1.165, 1.54) is 0 Å². The Bertz CT molecular complexity index is 904. The SMILES string of the molecule is C[C@H](Oc1nc(/C(N)=N/O)cc(N2C[C@@H](C)N(C(=O)OC(C)(C)C)C[C@@H]2C)n1)[C@@H]1CCCN1C. The molecule has 1 aromatic heterocycles. The maximum atomic E-state index is 12.7. The standard InChI is InChI=1S/C23H39N7O4/c1-14-13-30(22(31)34-23(4,5)6)15(2)12-29(14)19-11-17(20(24)27-32)25-21(26-19)33-16(3)18-9-8-10-28(18)7/h11,14-16,18,32H,8-10,12-13H2,1-7H3,(H2,24,27)/t14-,15+,16-,18-/m0/s1. The largest absolute Gasteiger partial charge is 0.459 e. The van der Waals surface area contributed by atoms with Crippen molar-refractivity contribution in [2.45, 2.75) is 84.2 Å². The molecule has 11 nitrogen and oxygen atoms in total. The van der Waals surface area contributed by atoms with Gasteiger partial charge in [-0.1, -0.05) is 5.16 Å². The lowest BCUT2D eigenvalue weighted by atomic mass is 10.1. The summed E-state index contributed by atoms with van der Waals surface area (Å²) in [6.45, 7) is 13.6. The molecule has 2 fully saturated rings. The second-order valence-electron chi connectivity index (χ2n) is 10.4. The Hall–Kier alpha value is -2.82. The summed E-state index contributed by atoms with van der Waals surface area (Å²) >= 11 is 0. The van der Waals surface area contributed by atoms with Gasteiger partial charge in [0.1, 0.15) is 23.2 Å². The van der Waals surface area contributed by atoms with Crippen LogP contribution in [0.2, 0.25) is 0 Å². The lowest BCUT2D eigenvalue weighted by Crippen LogP contribution is -2.59. The van der Waals surface area contributed by atoms with Crippen LogP contribution in [0.4, 0.5) is 10.6 Å². The van der Waals surface area contributed by atoms with Gasteiger partial charge in [0.2, 0.25) is 0 Å². The lowest BCUT2D eigenvalue weighted by Gasteiger charge is -2.44. The van der Waals surface area contributed by atoms with Crippen molar-refractivity contribution in [3.8, 4) is 6.01 Å². The van der Waals surface area contributed by atoms with Gasteiger partial charge in [-0.05, 0) is 68.0 Å². The molecule has 0 bridgehead atoms. The molecule has 0 saturated carbocycles. The Morgan fingerprint density at radius 3 is 2.56 bits per heavy atom. The first-order valence-corrected chi connectivity index (χ1v) is 11.9. The van der Waals surface area contributed by atoms with Gasteiger partial charge in [-0.15, -0.1) is 0 Å². The van der Waals surface area contributed by atoms with Crippen molar-refractivity contribution in [3.63, 3.8) is 0 Å².